The summed E-state index contributed by atoms with van der Waals surface area (Å²) in [5.74, 6) is -0.322. The number of cyclic esters (lactones) is 1. The van der Waals surface area contributed by atoms with E-state index in [1.807, 2.05) is 19.1 Å². The highest BCUT2D eigenvalue weighted by atomic mass is 16.5. The van der Waals surface area contributed by atoms with Gasteiger partial charge in [0.2, 0.25) is 0 Å². The fourth-order valence-corrected chi connectivity index (χ4v) is 3.50. The lowest BCUT2D eigenvalue weighted by molar-refractivity contribution is -0.153. The van der Waals surface area contributed by atoms with E-state index < -0.39 is 12.2 Å². The molecule has 22 heavy (non-hydrogen) atoms. The molecule has 124 valence electrons. The summed E-state index contributed by atoms with van der Waals surface area (Å²) in [4.78, 5) is 12.0. The maximum absolute atomic E-state index is 12.0. The number of carbonyl (C=O) groups is 1. The summed E-state index contributed by atoms with van der Waals surface area (Å²) in [7, 11) is 0. The zero-order valence-corrected chi connectivity index (χ0v) is 13.4. The third kappa shape index (κ3) is 4.43. The first-order valence-corrected chi connectivity index (χ1v) is 8.50. The number of allylic oxidation sites excluding steroid dienone is 3. The summed E-state index contributed by atoms with van der Waals surface area (Å²) in [5, 5.41) is 20.2. The molecular formula is C18H28O4. The minimum atomic E-state index is -0.772. The lowest BCUT2D eigenvalue weighted by Gasteiger charge is -2.27. The molecule has 1 heterocycles. The van der Waals surface area contributed by atoms with E-state index >= 15 is 0 Å². The standard InChI is InChI=1S/C18H28O4/c1-2-16-14-12-15(19)18(21)13(14)10-8-6-4-3-5-7-9-11-17(20)22-16/h3-4,8,10,13-16,18-19,21H,2,5-7,9,11-12H2,1H3. The number of rotatable bonds is 1. The van der Waals surface area contributed by atoms with E-state index in [1.165, 1.54) is 0 Å². The van der Waals surface area contributed by atoms with Gasteiger partial charge in [0.1, 0.15) is 6.10 Å². The lowest BCUT2D eigenvalue weighted by atomic mass is 9.88. The summed E-state index contributed by atoms with van der Waals surface area (Å²) < 4.78 is 5.64. The highest BCUT2D eigenvalue weighted by molar-refractivity contribution is 5.69. The number of aliphatic hydroxyl groups is 2. The van der Waals surface area contributed by atoms with Crippen LogP contribution in [-0.2, 0) is 9.53 Å². The topological polar surface area (TPSA) is 66.8 Å². The second kappa shape index (κ2) is 8.49. The van der Waals surface area contributed by atoms with E-state index in [2.05, 4.69) is 12.2 Å². The number of fused-ring (bicyclic) bond motifs is 1. The maximum atomic E-state index is 12.0. The van der Waals surface area contributed by atoms with Gasteiger partial charge in [0.25, 0.3) is 0 Å². The predicted molar refractivity (Wildman–Crippen MR) is 85.1 cm³/mol. The number of ether oxygens (including phenoxy) is 1. The van der Waals surface area contributed by atoms with Crippen LogP contribution in [0.25, 0.3) is 0 Å². The first kappa shape index (κ1) is 17.2. The van der Waals surface area contributed by atoms with Crippen LogP contribution in [0.3, 0.4) is 0 Å². The minimum Gasteiger partial charge on any atom is -0.462 e. The van der Waals surface area contributed by atoms with Crippen molar-refractivity contribution >= 4 is 5.97 Å². The molecule has 5 unspecified atom stereocenters. The molecule has 0 radical (unpaired) electrons. The number of hydrogen-bond acceptors (Lipinski definition) is 4. The molecule has 0 amide bonds. The van der Waals surface area contributed by atoms with Crippen LogP contribution in [0, 0.1) is 11.8 Å². The monoisotopic (exact) mass is 308 g/mol. The summed E-state index contributed by atoms with van der Waals surface area (Å²) in [6, 6.07) is 0. The Kier molecular flexibility index (Phi) is 6.65. The van der Waals surface area contributed by atoms with Crippen LogP contribution in [-0.4, -0.2) is 34.5 Å². The molecule has 1 aliphatic carbocycles. The Morgan fingerprint density at radius 1 is 1.23 bits per heavy atom. The Bertz CT molecular complexity index is 415. The first-order chi connectivity index (χ1) is 10.6. The van der Waals surface area contributed by atoms with E-state index in [1.54, 1.807) is 0 Å². The number of hydrogen-bond donors (Lipinski definition) is 2. The molecule has 1 aliphatic heterocycles. The third-order valence-corrected chi connectivity index (χ3v) is 4.76. The van der Waals surface area contributed by atoms with Gasteiger partial charge in [0, 0.05) is 18.3 Å². The molecule has 2 aliphatic rings. The molecule has 0 aromatic carbocycles. The van der Waals surface area contributed by atoms with Crippen molar-refractivity contribution in [3.63, 3.8) is 0 Å². The lowest BCUT2D eigenvalue weighted by Crippen LogP contribution is -2.31. The van der Waals surface area contributed by atoms with Gasteiger partial charge in [-0.15, -0.1) is 0 Å². The highest BCUT2D eigenvalue weighted by Gasteiger charge is 2.44. The molecule has 4 nitrogen and oxygen atoms in total. The van der Waals surface area contributed by atoms with Gasteiger partial charge in [0.15, 0.2) is 0 Å². The normalized spacial score (nSPS) is 37.4. The van der Waals surface area contributed by atoms with Gasteiger partial charge in [-0.3, -0.25) is 4.79 Å². The van der Waals surface area contributed by atoms with E-state index in [4.69, 9.17) is 4.74 Å². The minimum absolute atomic E-state index is 0.0119. The molecule has 1 saturated carbocycles. The fraction of sp³-hybridized carbons (Fsp3) is 0.722. The summed E-state index contributed by atoms with van der Waals surface area (Å²) in [6.45, 7) is 1.99. The quantitative estimate of drug-likeness (QED) is 0.577. The van der Waals surface area contributed by atoms with Crippen molar-refractivity contribution in [3.05, 3.63) is 24.3 Å². The Morgan fingerprint density at radius 2 is 2.05 bits per heavy atom. The van der Waals surface area contributed by atoms with Crippen molar-refractivity contribution in [1.29, 1.82) is 0 Å². The molecule has 5 atom stereocenters. The van der Waals surface area contributed by atoms with Crippen LogP contribution < -0.4 is 0 Å². The largest absolute Gasteiger partial charge is 0.462 e. The van der Waals surface area contributed by atoms with E-state index in [-0.39, 0.29) is 23.9 Å². The van der Waals surface area contributed by atoms with Gasteiger partial charge in [-0.1, -0.05) is 31.2 Å². The van der Waals surface area contributed by atoms with Crippen LogP contribution in [0.4, 0.5) is 0 Å². The molecule has 0 bridgehead atoms. The SMILES string of the molecule is CCC1OC(=O)CCCCC=CCC=CC2C(O)C(O)CC12. The maximum Gasteiger partial charge on any atom is 0.306 e. The fourth-order valence-electron chi connectivity index (χ4n) is 3.50. The second-order valence-electron chi connectivity index (χ2n) is 6.35. The van der Waals surface area contributed by atoms with Crippen molar-refractivity contribution in [3.8, 4) is 0 Å². The van der Waals surface area contributed by atoms with Crippen molar-refractivity contribution in [1.82, 2.24) is 0 Å². The number of carbonyl (C=O) groups excluding carboxylic acids is 1. The van der Waals surface area contributed by atoms with Crippen LogP contribution in [0.2, 0.25) is 0 Å². The number of aliphatic hydroxyl groups excluding tert-OH is 2. The van der Waals surface area contributed by atoms with Gasteiger partial charge < -0.3 is 14.9 Å². The average Bonchev–Trinajstić information content (AvgIpc) is 2.78. The smallest absolute Gasteiger partial charge is 0.306 e. The molecule has 2 rings (SSSR count). The third-order valence-electron chi connectivity index (χ3n) is 4.76. The first-order valence-electron chi connectivity index (χ1n) is 8.50. The van der Waals surface area contributed by atoms with E-state index in [0.29, 0.717) is 19.3 Å². The molecule has 4 heteroatoms. The molecule has 0 saturated heterocycles. The Hall–Kier alpha value is -1.13. The van der Waals surface area contributed by atoms with Crippen molar-refractivity contribution < 1.29 is 19.7 Å². The van der Waals surface area contributed by atoms with E-state index in [0.717, 1.165) is 25.7 Å². The second-order valence-corrected chi connectivity index (χ2v) is 6.35. The molecular weight excluding hydrogens is 280 g/mol. The summed E-state index contributed by atoms with van der Waals surface area (Å²) in [5.41, 5.74) is 0. The zero-order chi connectivity index (χ0) is 15.9. The summed E-state index contributed by atoms with van der Waals surface area (Å²) in [6.07, 6.45) is 11.8. The van der Waals surface area contributed by atoms with Crippen LogP contribution >= 0.6 is 0 Å². The molecule has 0 aromatic heterocycles. The number of esters is 1. The van der Waals surface area contributed by atoms with Gasteiger partial charge in [0.05, 0.1) is 12.2 Å². The molecule has 2 N–H and O–H groups in total. The van der Waals surface area contributed by atoms with Crippen LogP contribution in [0.15, 0.2) is 24.3 Å². The van der Waals surface area contributed by atoms with Gasteiger partial charge in [-0.2, -0.15) is 0 Å². The van der Waals surface area contributed by atoms with Crippen LogP contribution in [0.5, 0.6) is 0 Å². The van der Waals surface area contributed by atoms with E-state index in [9.17, 15) is 15.0 Å². The van der Waals surface area contributed by atoms with Crippen molar-refractivity contribution in [2.45, 2.75) is 70.2 Å². The van der Waals surface area contributed by atoms with Gasteiger partial charge in [-0.05, 0) is 38.5 Å². The Morgan fingerprint density at radius 3 is 2.82 bits per heavy atom. The zero-order valence-electron chi connectivity index (χ0n) is 13.4. The van der Waals surface area contributed by atoms with Gasteiger partial charge >= 0.3 is 5.97 Å². The molecule has 0 spiro atoms. The van der Waals surface area contributed by atoms with Crippen molar-refractivity contribution in [2.24, 2.45) is 11.8 Å². The van der Waals surface area contributed by atoms with Gasteiger partial charge in [-0.25, -0.2) is 0 Å². The Balaban J connectivity index is 2.16. The predicted octanol–water partition coefficient (Wildman–Crippen LogP) is 2.74. The average molecular weight is 308 g/mol. The molecule has 0 aromatic rings. The Labute approximate surface area is 132 Å². The van der Waals surface area contributed by atoms with Crippen molar-refractivity contribution in [2.75, 3.05) is 0 Å². The molecule has 1 fully saturated rings. The highest BCUT2D eigenvalue weighted by Crippen LogP contribution is 2.38. The van der Waals surface area contributed by atoms with Crippen LogP contribution in [0.1, 0.15) is 51.9 Å². The summed E-state index contributed by atoms with van der Waals surface area (Å²) >= 11 is 0.